The molecule has 0 atom stereocenters. The SMILES string of the molecule is CC(C)c1cccc(C(C)C)c1NC(=O)C(=O)Cc1nc2ccccc2[nH]c1=O. The summed E-state index contributed by atoms with van der Waals surface area (Å²) < 4.78 is 0. The average molecular weight is 391 g/mol. The van der Waals surface area contributed by atoms with Gasteiger partial charge in [-0.3, -0.25) is 14.4 Å². The Morgan fingerprint density at radius 1 is 0.966 bits per heavy atom. The van der Waals surface area contributed by atoms with Gasteiger partial charge in [-0.25, -0.2) is 4.98 Å². The monoisotopic (exact) mass is 391 g/mol. The van der Waals surface area contributed by atoms with Crippen molar-refractivity contribution in [2.45, 2.75) is 46.0 Å². The van der Waals surface area contributed by atoms with Crippen LogP contribution in [0.2, 0.25) is 0 Å². The number of nitrogens with one attached hydrogen (secondary N) is 2. The summed E-state index contributed by atoms with van der Waals surface area (Å²) in [5, 5.41) is 2.79. The number of hydrogen-bond donors (Lipinski definition) is 2. The van der Waals surface area contributed by atoms with Crippen LogP contribution in [0.25, 0.3) is 11.0 Å². The van der Waals surface area contributed by atoms with Crippen molar-refractivity contribution < 1.29 is 9.59 Å². The van der Waals surface area contributed by atoms with Gasteiger partial charge in [-0.05, 0) is 35.1 Å². The van der Waals surface area contributed by atoms with Crippen LogP contribution in [0.15, 0.2) is 47.3 Å². The van der Waals surface area contributed by atoms with Gasteiger partial charge >= 0.3 is 0 Å². The van der Waals surface area contributed by atoms with E-state index in [1.165, 1.54) is 0 Å². The Kier molecular flexibility index (Phi) is 5.92. The third-order valence-corrected chi connectivity index (χ3v) is 4.86. The molecule has 2 N–H and O–H groups in total. The summed E-state index contributed by atoms with van der Waals surface area (Å²) in [6.07, 6.45) is -0.354. The fourth-order valence-corrected chi connectivity index (χ4v) is 3.30. The van der Waals surface area contributed by atoms with Crippen LogP contribution in [-0.4, -0.2) is 21.7 Å². The number of aromatic nitrogens is 2. The van der Waals surface area contributed by atoms with Crippen LogP contribution in [0.3, 0.4) is 0 Å². The van der Waals surface area contributed by atoms with E-state index in [4.69, 9.17) is 0 Å². The highest BCUT2D eigenvalue weighted by molar-refractivity contribution is 6.41. The molecule has 29 heavy (non-hydrogen) atoms. The number of fused-ring (bicyclic) bond motifs is 1. The number of carbonyl (C=O) groups is 2. The number of anilines is 1. The number of amides is 1. The molecule has 1 amide bonds. The third-order valence-electron chi connectivity index (χ3n) is 4.86. The van der Waals surface area contributed by atoms with E-state index >= 15 is 0 Å². The highest BCUT2D eigenvalue weighted by Gasteiger charge is 2.21. The van der Waals surface area contributed by atoms with E-state index in [-0.39, 0.29) is 24.0 Å². The van der Waals surface area contributed by atoms with E-state index in [9.17, 15) is 14.4 Å². The van der Waals surface area contributed by atoms with Gasteiger partial charge in [-0.2, -0.15) is 0 Å². The Bertz CT molecular complexity index is 1100. The minimum atomic E-state index is -0.741. The lowest BCUT2D eigenvalue weighted by molar-refractivity contribution is -0.134. The predicted molar refractivity (Wildman–Crippen MR) is 114 cm³/mol. The molecule has 0 spiro atoms. The largest absolute Gasteiger partial charge is 0.319 e. The van der Waals surface area contributed by atoms with E-state index in [0.717, 1.165) is 11.1 Å². The lowest BCUT2D eigenvalue weighted by Gasteiger charge is -2.19. The Labute approximate surface area is 169 Å². The lowest BCUT2D eigenvalue weighted by atomic mass is 9.92. The molecule has 0 aliphatic carbocycles. The number of aromatic amines is 1. The van der Waals surface area contributed by atoms with E-state index in [1.807, 2.05) is 45.9 Å². The van der Waals surface area contributed by atoms with Gasteiger partial charge in [0.05, 0.1) is 17.5 Å². The summed E-state index contributed by atoms with van der Waals surface area (Å²) in [6, 6.07) is 12.9. The Morgan fingerprint density at radius 2 is 1.59 bits per heavy atom. The van der Waals surface area contributed by atoms with Crippen LogP contribution >= 0.6 is 0 Å². The summed E-state index contributed by atoms with van der Waals surface area (Å²) in [4.78, 5) is 44.4. The van der Waals surface area contributed by atoms with Crippen molar-refractivity contribution in [1.82, 2.24) is 9.97 Å². The second-order valence-electron chi connectivity index (χ2n) is 7.70. The summed E-state index contributed by atoms with van der Waals surface area (Å²) in [5.74, 6) is -1.07. The van der Waals surface area contributed by atoms with Crippen LogP contribution in [0.5, 0.6) is 0 Å². The molecule has 0 aliphatic rings. The molecule has 0 bridgehead atoms. The van der Waals surface area contributed by atoms with Gasteiger partial charge in [-0.15, -0.1) is 0 Å². The molecular weight excluding hydrogens is 366 g/mol. The van der Waals surface area contributed by atoms with Crippen molar-refractivity contribution in [2.24, 2.45) is 0 Å². The molecule has 2 aromatic carbocycles. The van der Waals surface area contributed by atoms with Crippen molar-refractivity contribution in [3.8, 4) is 0 Å². The highest BCUT2D eigenvalue weighted by Crippen LogP contribution is 2.32. The van der Waals surface area contributed by atoms with Gasteiger partial charge < -0.3 is 10.3 Å². The second kappa shape index (κ2) is 8.39. The molecule has 0 saturated carbocycles. The minimum absolute atomic E-state index is 0.0325. The molecule has 0 radical (unpaired) electrons. The summed E-state index contributed by atoms with van der Waals surface area (Å²) >= 11 is 0. The van der Waals surface area contributed by atoms with Gasteiger partial charge in [0.15, 0.2) is 0 Å². The normalized spacial score (nSPS) is 11.2. The summed E-state index contributed by atoms with van der Waals surface area (Å²) in [7, 11) is 0. The number of para-hydroxylation sites is 3. The standard InChI is InChI=1S/C23H25N3O3/c1-13(2)15-8-7-9-16(14(3)4)21(15)26-23(29)20(27)12-19-22(28)25-18-11-6-5-10-17(18)24-19/h5-11,13-14H,12H2,1-4H3,(H,25,28)(H,26,29). The Balaban J connectivity index is 1.86. The first-order chi connectivity index (χ1) is 13.8. The quantitative estimate of drug-likeness (QED) is 0.623. The molecule has 150 valence electrons. The zero-order chi connectivity index (χ0) is 21.1. The lowest BCUT2D eigenvalue weighted by Crippen LogP contribution is -2.29. The van der Waals surface area contributed by atoms with Crippen molar-refractivity contribution >= 4 is 28.4 Å². The maximum Gasteiger partial charge on any atom is 0.292 e. The molecular formula is C23H25N3O3. The van der Waals surface area contributed by atoms with Crippen LogP contribution in [0.1, 0.15) is 56.4 Å². The molecule has 3 rings (SSSR count). The highest BCUT2D eigenvalue weighted by atomic mass is 16.2. The third kappa shape index (κ3) is 4.42. The molecule has 0 aliphatic heterocycles. The van der Waals surface area contributed by atoms with E-state index in [0.29, 0.717) is 16.7 Å². The first-order valence-corrected chi connectivity index (χ1v) is 9.72. The van der Waals surface area contributed by atoms with Gasteiger partial charge in [0.2, 0.25) is 5.78 Å². The van der Waals surface area contributed by atoms with Gasteiger partial charge in [0, 0.05) is 5.69 Å². The minimum Gasteiger partial charge on any atom is -0.319 e. The zero-order valence-corrected chi connectivity index (χ0v) is 17.1. The van der Waals surface area contributed by atoms with Crippen molar-refractivity contribution in [3.05, 3.63) is 69.6 Å². The maximum absolute atomic E-state index is 12.6. The van der Waals surface area contributed by atoms with E-state index < -0.39 is 17.2 Å². The van der Waals surface area contributed by atoms with E-state index in [2.05, 4.69) is 15.3 Å². The number of carbonyl (C=O) groups excluding carboxylic acids is 2. The van der Waals surface area contributed by atoms with Crippen LogP contribution < -0.4 is 10.9 Å². The molecule has 0 fully saturated rings. The molecule has 6 nitrogen and oxygen atoms in total. The number of nitrogens with zero attached hydrogens (tertiary/aromatic N) is 1. The van der Waals surface area contributed by atoms with Crippen molar-refractivity contribution in [3.63, 3.8) is 0 Å². The maximum atomic E-state index is 12.6. The number of H-pyrrole nitrogens is 1. The van der Waals surface area contributed by atoms with Crippen LogP contribution in [0, 0.1) is 0 Å². The summed E-state index contributed by atoms with van der Waals surface area (Å²) in [5.41, 5.74) is 3.35. The smallest absolute Gasteiger partial charge is 0.292 e. The van der Waals surface area contributed by atoms with Gasteiger partial charge in [0.1, 0.15) is 5.69 Å². The molecule has 3 aromatic rings. The molecule has 1 aromatic heterocycles. The Hall–Kier alpha value is -3.28. The zero-order valence-electron chi connectivity index (χ0n) is 17.1. The van der Waals surface area contributed by atoms with Crippen molar-refractivity contribution in [1.29, 1.82) is 0 Å². The molecule has 1 heterocycles. The fourth-order valence-electron chi connectivity index (χ4n) is 3.30. The van der Waals surface area contributed by atoms with E-state index in [1.54, 1.807) is 24.3 Å². The number of ketones is 1. The average Bonchev–Trinajstić information content (AvgIpc) is 2.68. The van der Waals surface area contributed by atoms with Gasteiger partial charge in [-0.1, -0.05) is 58.0 Å². The molecule has 0 saturated heterocycles. The van der Waals surface area contributed by atoms with Crippen LogP contribution in [0.4, 0.5) is 5.69 Å². The Morgan fingerprint density at radius 3 is 2.21 bits per heavy atom. The first kappa shape index (κ1) is 20.5. The number of benzene rings is 2. The number of rotatable bonds is 6. The van der Waals surface area contributed by atoms with Crippen molar-refractivity contribution in [2.75, 3.05) is 5.32 Å². The molecule has 6 heteroatoms. The summed E-state index contributed by atoms with van der Waals surface area (Å²) in [6.45, 7) is 8.15. The topological polar surface area (TPSA) is 91.9 Å². The second-order valence-corrected chi connectivity index (χ2v) is 7.70. The fraction of sp³-hybridized carbons (Fsp3) is 0.304. The predicted octanol–water partition coefficient (Wildman–Crippen LogP) is 3.92. The first-order valence-electron chi connectivity index (χ1n) is 9.72. The molecule has 0 unspecified atom stereocenters. The number of hydrogen-bond acceptors (Lipinski definition) is 4. The van der Waals surface area contributed by atoms with Crippen LogP contribution in [-0.2, 0) is 16.0 Å². The number of Topliss-reactive ketones (excluding diaryl/α,β-unsaturated/α-hetero) is 1. The van der Waals surface area contributed by atoms with Gasteiger partial charge in [0.25, 0.3) is 11.5 Å².